The predicted molar refractivity (Wildman–Crippen MR) is 77.9 cm³/mol. The minimum absolute atomic E-state index is 0.517. The molecule has 2 rings (SSSR count). The second-order valence-corrected chi connectivity index (χ2v) is 5.82. The van der Waals surface area contributed by atoms with Gasteiger partial charge < -0.3 is 4.74 Å². The topological polar surface area (TPSA) is 9.23 Å². The molecule has 1 unspecified atom stereocenters. The maximum absolute atomic E-state index is 14.7. The third-order valence-electron chi connectivity index (χ3n) is 4.65. The fraction of sp³-hybridized carbons (Fsp3) is 0.647. The van der Waals surface area contributed by atoms with Gasteiger partial charge >= 0.3 is 0 Å². The molecule has 2 aliphatic carbocycles. The summed E-state index contributed by atoms with van der Waals surface area (Å²) in [6.45, 7) is 6.26. The molecule has 0 bridgehead atoms. The van der Waals surface area contributed by atoms with Gasteiger partial charge in [0.15, 0.2) is 0 Å². The summed E-state index contributed by atoms with van der Waals surface area (Å²) in [6.07, 6.45) is 12.3. The van der Waals surface area contributed by atoms with E-state index >= 15 is 0 Å². The molecule has 0 aromatic rings. The molecular formula is C17H24F2O. The van der Waals surface area contributed by atoms with Gasteiger partial charge in [-0.3, -0.25) is 0 Å². The Bertz CT molecular complexity index is 405. The third-order valence-corrected chi connectivity index (χ3v) is 4.65. The zero-order valence-electron chi connectivity index (χ0n) is 12.2. The van der Waals surface area contributed by atoms with Crippen LogP contribution in [0.25, 0.3) is 0 Å². The van der Waals surface area contributed by atoms with Crippen molar-refractivity contribution in [3.05, 3.63) is 37.0 Å². The molecule has 0 aromatic carbocycles. The van der Waals surface area contributed by atoms with Gasteiger partial charge in [0.25, 0.3) is 5.92 Å². The normalized spacial score (nSPS) is 31.1. The Hall–Kier alpha value is -0.960. The minimum Gasteiger partial charge on any atom is -0.374 e. The van der Waals surface area contributed by atoms with Crippen LogP contribution in [0.2, 0.25) is 0 Å². The Morgan fingerprint density at radius 2 is 1.80 bits per heavy atom. The highest BCUT2D eigenvalue weighted by Crippen LogP contribution is 2.56. The van der Waals surface area contributed by atoms with E-state index in [4.69, 9.17) is 4.74 Å². The number of hydrogen-bond acceptors (Lipinski definition) is 1. The predicted octanol–water partition coefficient (Wildman–Crippen LogP) is 5.05. The maximum atomic E-state index is 14.7. The SMILES string of the molecule is C=CC1(C2(OCCC)CCCCC2)C=CC=CC1(F)F. The molecule has 112 valence electrons. The van der Waals surface area contributed by atoms with Crippen LogP contribution in [0.3, 0.4) is 0 Å². The lowest BCUT2D eigenvalue weighted by molar-refractivity contribution is -0.190. The van der Waals surface area contributed by atoms with Crippen molar-refractivity contribution in [2.24, 2.45) is 5.41 Å². The van der Waals surface area contributed by atoms with Crippen LogP contribution in [0, 0.1) is 5.41 Å². The van der Waals surface area contributed by atoms with E-state index in [1.807, 2.05) is 6.92 Å². The smallest absolute Gasteiger partial charge is 0.281 e. The second-order valence-electron chi connectivity index (χ2n) is 5.82. The molecular weight excluding hydrogens is 258 g/mol. The average molecular weight is 282 g/mol. The molecule has 0 aliphatic heterocycles. The summed E-state index contributed by atoms with van der Waals surface area (Å²) in [6, 6.07) is 0. The second kappa shape index (κ2) is 5.80. The zero-order valence-corrected chi connectivity index (χ0v) is 12.2. The molecule has 1 atom stereocenters. The monoisotopic (exact) mass is 282 g/mol. The fourth-order valence-electron chi connectivity index (χ4n) is 3.58. The van der Waals surface area contributed by atoms with Crippen LogP contribution in [0.15, 0.2) is 37.0 Å². The van der Waals surface area contributed by atoms with Crippen molar-refractivity contribution in [1.82, 2.24) is 0 Å². The number of ether oxygens (including phenoxy) is 1. The van der Waals surface area contributed by atoms with E-state index in [2.05, 4.69) is 6.58 Å². The van der Waals surface area contributed by atoms with Gasteiger partial charge in [-0.1, -0.05) is 50.5 Å². The number of allylic oxidation sites excluding steroid dienone is 3. The first kappa shape index (κ1) is 15.4. The summed E-state index contributed by atoms with van der Waals surface area (Å²) >= 11 is 0. The summed E-state index contributed by atoms with van der Waals surface area (Å²) < 4.78 is 35.4. The van der Waals surface area contributed by atoms with Gasteiger partial charge in [0, 0.05) is 6.61 Å². The first-order valence-electron chi connectivity index (χ1n) is 7.56. The molecule has 1 fully saturated rings. The average Bonchev–Trinajstić information content (AvgIpc) is 2.46. The summed E-state index contributed by atoms with van der Waals surface area (Å²) in [5.74, 6) is -2.95. The van der Waals surface area contributed by atoms with Crippen molar-refractivity contribution < 1.29 is 13.5 Å². The van der Waals surface area contributed by atoms with Crippen molar-refractivity contribution >= 4 is 0 Å². The summed E-state index contributed by atoms with van der Waals surface area (Å²) in [4.78, 5) is 0. The Morgan fingerprint density at radius 3 is 2.35 bits per heavy atom. The van der Waals surface area contributed by atoms with Gasteiger partial charge in [-0.15, -0.1) is 6.58 Å². The van der Waals surface area contributed by atoms with E-state index in [1.54, 1.807) is 12.2 Å². The quantitative estimate of drug-likeness (QED) is 0.641. The summed E-state index contributed by atoms with van der Waals surface area (Å²) in [5.41, 5.74) is -2.25. The Labute approximate surface area is 120 Å². The summed E-state index contributed by atoms with van der Waals surface area (Å²) in [5, 5.41) is 0. The van der Waals surface area contributed by atoms with Gasteiger partial charge in [-0.2, -0.15) is 0 Å². The minimum atomic E-state index is -2.95. The first-order valence-corrected chi connectivity index (χ1v) is 7.56. The lowest BCUT2D eigenvalue weighted by Crippen LogP contribution is -2.58. The van der Waals surface area contributed by atoms with Crippen LogP contribution in [-0.4, -0.2) is 18.1 Å². The van der Waals surface area contributed by atoms with Crippen molar-refractivity contribution in [2.45, 2.75) is 57.0 Å². The number of rotatable bonds is 5. The van der Waals surface area contributed by atoms with Gasteiger partial charge in [-0.05, 0) is 25.3 Å². The molecule has 0 heterocycles. The van der Waals surface area contributed by atoms with Gasteiger partial charge in [-0.25, -0.2) is 8.78 Å². The highest BCUT2D eigenvalue weighted by Gasteiger charge is 2.62. The molecule has 1 nitrogen and oxygen atoms in total. The van der Waals surface area contributed by atoms with Gasteiger partial charge in [0.2, 0.25) is 0 Å². The Morgan fingerprint density at radius 1 is 1.15 bits per heavy atom. The molecule has 0 spiro atoms. The molecule has 0 amide bonds. The van der Waals surface area contributed by atoms with Crippen molar-refractivity contribution in [3.8, 4) is 0 Å². The van der Waals surface area contributed by atoms with Gasteiger partial charge in [0.05, 0.1) is 5.60 Å². The number of halogens is 2. The Balaban J connectivity index is 2.46. The van der Waals surface area contributed by atoms with Crippen LogP contribution >= 0.6 is 0 Å². The Kier molecular flexibility index (Phi) is 4.48. The maximum Gasteiger partial charge on any atom is 0.281 e. The van der Waals surface area contributed by atoms with E-state index in [-0.39, 0.29) is 0 Å². The largest absolute Gasteiger partial charge is 0.374 e. The molecule has 2 aliphatic rings. The highest BCUT2D eigenvalue weighted by molar-refractivity contribution is 5.34. The van der Waals surface area contributed by atoms with E-state index in [1.165, 1.54) is 12.2 Å². The number of hydrogen-bond donors (Lipinski definition) is 0. The van der Waals surface area contributed by atoms with Crippen molar-refractivity contribution in [3.63, 3.8) is 0 Å². The van der Waals surface area contributed by atoms with Crippen molar-refractivity contribution in [2.75, 3.05) is 6.61 Å². The van der Waals surface area contributed by atoms with E-state index < -0.39 is 16.9 Å². The van der Waals surface area contributed by atoms with Gasteiger partial charge in [0.1, 0.15) is 5.41 Å². The van der Waals surface area contributed by atoms with Crippen LogP contribution < -0.4 is 0 Å². The number of alkyl halides is 2. The zero-order chi connectivity index (χ0) is 14.7. The lowest BCUT2D eigenvalue weighted by Gasteiger charge is -2.52. The van der Waals surface area contributed by atoms with E-state index in [0.717, 1.165) is 31.8 Å². The lowest BCUT2D eigenvalue weighted by atomic mass is 9.60. The standard InChI is InChI=1S/C17H24F2O/c1-3-14-20-16(11-6-5-7-12-16)15(4-2)10-8-9-13-17(15,18)19/h4,8-10,13H,2-3,5-7,11-12,14H2,1H3. The van der Waals surface area contributed by atoms with E-state index in [9.17, 15) is 8.78 Å². The molecule has 0 saturated heterocycles. The fourth-order valence-corrected chi connectivity index (χ4v) is 3.58. The molecule has 0 aromatic heterocycles. The first-order chi connectivity index (χ1) is 9.54. The van der Waals surface area contributed by atoms with Crippen molar-refractivity contribution in [1.29, 1.82) is 0 Å². The highest BCUT2D eigenvalue weighted by atomic mass is 19.3. The molecule has 0 radical (unpaired) electrons. The molecule has 1 saturated carbocycles. The van der Waals surface area contributed by atoms with Crippen LogP contribution in [0.4, 0.5) is 8.78 Å². The molecule has 0 N–H and O–H groups in total. The van der Waals surface area contributed by atoms with Crippen LogP contribution in [0.1, 0.15) is 45.4 Å². The van der Waals surface area contributed by atoms with Crippen LogP contribution in [-0.2, 0) is 4.74 Å². The summed E-state index contributed by atoms with van der Waals surface area (Å²) in [7, 11) is 0. The van der Waals surface area contributed by atoms with E-state index in [0.29, 0.717) is 19.4 Å². The molecule has 20 heavy (non-hydrogen) atoms. The third kappa shape index (κ3) is 2.26. The van der Waals surface area contributed by atoms with Crippen LogP contribution in [0.5, 0.6) is 0 Å². The molecule has 3 heteroatoms.